The van der Waals surface area contributed by atoms with Gasteiger partial charge < -0.3 is 0 Å². The average Bonchev–Trinajstić information content (AvgIpc) is 3.11. The number of pyridine rings is 1. The van der Waals surface area contributed by atoms with Gasteiger partial charge in [-0.25, -0.2) is 0 Å². The van der Waals surface area contributed by atoms with Crippen LogP contribution in [0.25, 0.3) is 0 Å². The zero-order chi connectivity index (χ0) is 17.5. The largest absolute Gasteiger partial charge is 0.414 e. The van der Waals surface area contributed by atoms with Gasteiger partial charge in [0.1, 0.15) is 0 Å². The third-order valence-corrected chi connectivity index (χ3v) is 4.46. The van der Waals surface area contributed by atoms with Crippen LogP contribution in [0.1, 0.15) is 41.2 Å². The van der Waals surface area contributed by atoms with Crippen molar-refractivity contribution in [2.75, 3.05) is 6.54 Å². The molecule has 0 saturated carbocycles. The fourth-order valence-corrected chi connectivity index (χ4v) is 3.21. The molecule has 1 aliphatic heterocycles. The van der Waals surface area contributed by atoms with E-state index in [1.165, 1.54) is 4.80 Å². The summed E-state index contributed by atoms with van der Waals surface area (Å²) in [7, 11) is 0. The van der Waals surface area contributed by atoms with E-state index < -0.39 is 11.7 Å². The van der Waals surface area contributed by atoms with Gasteiger partial charge in [0, 0.05) is 11.4 Å². The van der Waals surface area contributed by atoms with Crippen LogP contribution >= 0.6 is 0 Å². The molecule has 3 heterocycles. The van der Waals surface area contributed by atoms with Crippen LogP contribution in [-0.4, -0.2) is 37.9 Å². The Kier molecular flexibility index (Phi) is 4.06. The van der Waals surface area contributed by atoms with Gasteiger partial charge >= 0.3 is 6.18 Å². The van der Waals surface area contributed by atoms with Gasteiger partial charge in [-0.1, -0.05) is 0 Å². The molecule has 0 aromatic carbocycles. The zero-order valence-corrected chi connectivity index (χ0v) is 13.8. The summed E-state index contributed by atoms with van der Waals surface area (Å²) in [6, 6.07) is 1.93. The van der Waals surface area contributed by atoms with Crippen molar-refractivity contribution in [3.05, 3.63) is 34.4 Å². The highest BCUT2D eigenvalue weighted by molar-refractivity contribution is 5.30. The molecular weight excluding hydrogens is 321 g/mol. The van der Waals surface area contributed by atoms with Crippen molar-refractivity contribution in [1.29, 1.82) is 0 Å². The van der Waals surface area contributed by atoms with Crippen molar-refractivity contribution < 1.29 is 13.2 Å². The maximum Gasteiger partial charge on any atom is 0.414 e. The van der Waals surface area contributed by atoms with Crippen LogP contribution in [0, 0.1) is 20.8 Å². The number of tetrazole rings is 1. The number of rotatable bonds is 3. The van der Waals surface area contributed by atoms with Crippen LogP contribution in [0.4, 0.5) is 13.2 Å². The number of hydrogen-bond donors (Lipinski definition) is 1. The van der Waals surface area contributed by atoms with Crippen LogP contribution in [0.2, 0.25) is 0 Å². The van der Waals surface area contributed by atoms with Crippen molar-refractivity contribution >= 4 is 0 Å². The summed E-state index contributed by atoms with van der Waals surface area (Å²) in [4.78, 5) is 5.59. The van der Waals surface area contributed by atoms with E-state index in [9.17, 15) is 13.2 Å². The molecule has 0 spiro atoms. The molecule has 1 atom stereocenters. The zero-order valence-electron chi connectivity index (χ0n) is 13.8. The topological polar surface area (TPSA) is 68.5 Å². The SMILES string of the molecule is Cc1cc(C)c(Cn2nnc(C3(C(F)(F)F)CCCN3)n2)c(C)n1. The van der Waals surface area contributed by atoms with Gasteiger partial charge in [0.15, 0.2) is 5.54 Å². The van der Waals surface area contributed by atoms with Crippen LogP contribution in [0.15, 0.2) is 6.07 Å². The molecule has 1 N–H and O–H groups in total. The average molecular weight is 340 g/mol. The summed E-state index contributed by atoms with van der Waals surface area (Å²) in [6.07, 6.45) is -4.12. The minimum absolute atomic E-state index is 0.0770. The smallest absolute Gasteiger partial charge is 0.297 e. The first-order valence-corrected chi connectivity index (χ1v) is 7.77. The van der Waals surface area contributed by atoms with E-state index in [2.05, 4.69) is 25.7 Å². The first-order valence-electron chi connectivity index (χ1n) is 7.77. The molecule has 0 radical (unpaired) electrons. The van der Waals surface area contributed by atoms with E-state index in [-0.39, 0.29) is 25.3 Å². The van der Waals surface area contributed by atoms with Crippen molar-refractivity contribution in [1.82, 2.24) is 30.5 Å². The van der Waals surface area contributed by atoms with E-state index in [0.717, 1.165) is 22.5 Å². The van der Waals surface area contributed by atoms with Gasteiger partial charge in [-0.3, -0.25) is 10.3 Å². The van der Waals surface area contributed by atoms with Gasteiger partial charge in [-0.05, 0) is 62.6 Å². The van der Waals surface area contributed by atoms with Crippen molar-refractivity contribution in [3.63, 3.8) is 0 Å². The van der Waals surface area contributed by atoms with Gasteiger partial charge in [-0.2, -0.15) is 18.0 Å². The maximum absolute atomic E-state index is 13.5. The highest BCUT2D eigenvalue weighted by Crippen LogP contribution is 2.43. The lowest BCUT2D eigenvalue weighted by atomic mass is 9.96. The van der Waals surface area contributed by atoms with Crippen molar-refractivity contribution in [2.45, 2.75) is 51.9 Å². The molecule has 2 aromatic heterocycles. The predicted octanol–water partition coefficient (Wildman–Crippen LogP) is 2.18. The molecular formula is C15H19F3N6. The first-order chi connectivity index (χ1) is 11.2. The second kappa shape index (κ2) is 5.80. The van der Waals surface area contributed by atoms with E-state index in [0.29, 0.717) is 6.42 Å². The Labute approximate surface area is 137 Å². The summed E-state index contributed by atoms with van der Waals surface area (Å²) in [5, 5.41) is 14.0. The minimum Gasteiger partial charge on any atom is -0.297 e. The molecule has 6 nitrogen and oxygen atoms in total. The second-order valence-electron chi connectivity index (χ2n) is 6.22. The Balaban J connectivity index is 1.92. The third kappa shape index (κ3) is 2.77. The predicted molar refractivity (Wildman–Crippen MR) is 80.3 cm³/mol. The number of alkyl halides is 3. The summed E-state index contributed by atoms with van der Waals surface area (Å²) >= 11 is 0. The number of nitrogens with zero attached hydrogens (tertiary/aromatic N) is 5. The summed E-state index contributed by atoms with van der Waals surface area (Å²) in [6.45, 7) is 6.22. The third-order valence-electron chi connectivity index (χ3n) is 4.46. The molecule has 1 saturated heterocycles. The van der Waals surface area contributed by atoms with Gasteiger partial charge in [0.05, 0.1) is 6.54 Å². The molecule has 0 bridgehead atoms. The standard InChI is InChI=1S/C15H19F3N6/c1-9-7-10(2)20-11(3)12(9)8-24-22-13(21-23-24)14(15(16,17)18)5-4-6-19-14/h7,19H,4-6,8H2,1-3H3. The summed E-state index contributed by atoms with van der Waals surface area (Å²) in [5.41, 5.74) is 1.41. The maximum atomic E-state index is 13.5. The van der Waals surface area contributed by atoms with E-state index in [1.807, 2.05) is 26.8 Å². The van der Waals surface area contributed by atoms with Crippen LogP contribution in [-0.2, 0) is 12.1 Å². The fraction of sp³-hybridized carbons (Fsp3) is 0.600. The van der Waals surface area contributed by atoms with Gasteiger partial charge in [-0.15, -0.1) is 10.2 Å². The Morgan fingerprint density at radius 2 is 2.04 bits per heavy atom. The Hall–Kier alpha value is -2.03. The second-order valence-corrected chi connectivity index (χ2v) is 6.22. The monoisotopic (exact) mass is 340 g/mol. The van der Waals surface area contributed by atoms with Gasteiger partial charge in [0.25, 0.3) is 0 Å². The van der Waals surface area contributed by atoms with Gasteiger partial charge in [0.2, 0.25) is 5.82 Å². The van der Waals surface area contributed by atoms with Crippen LogP contribution in [0.5, 0.6) is 0 Å². The highest BCUT2D eigenvalue weighted by atomic mass is 19.4. The normalized spacial score (nSPS) is 21.4. The lowest BCUT2D eigenvalue weighted by Crippen LogP contribution is -2.50. The Bertz CT molecular complexity index is 723. The van der Waals surface area contributed by atoms with E-state index in [4.69, 9.17) is 0 Å². The number of hydrogen-bond acceptors (Lipinski definition) is 5. The van der Waals surface area contributed by atoms with E-state index >= 15 is 0 Å². The lowest BCUT2D eigenvalue weighted by molar-refractivity contribution is -0.198. The molecule has 1 fully saturated rings. The molecule has 1 aliphatic rings. The molecule has 1 unspecified atom stereocenters. The number of aromatic nitrogens is 5. The Morgan fingerprint density at radius 3 is 2.62 bits per heavy atom. The molecule has 0 amide bonds. The summed E-state index contributed by atoms with van der Waals surface area (Å²) in [5.74, 6) is -0.317. The highest BCUT2D eigenvalue weighted by Gasteiger charge is 2.60. The fourth-order valence-electron chi connectivity index (χ4n) is 3.21. The quantitative estimate of drug-likeness (QED) is 0.928. The summed E-state index contributed by atoms with van der Waals surface area (Å²) < 4.78 is 40.6. The molecule has 0 aliphatic carbocycles. The molecule has 130 valence electrons. The van der Waals surface area contributed by atoms with Crippen molar-refractivity contribution in [2.24, 2.45) is 0 Å². The van der Waals surface area contributed by atoms with E-state index in [1.54, 1.807) is 0 Å². The molecule has 2 aromatic rings. The number of halogens is 3. The molecule has 3 rings (SSSR count). The minimum atomic E-state index is -4.46. The first kappa shape index (κ1) is 16.8. The molecule has 9 heteroatoms. The van der Waals surface area contributed by atoms with Crippen LogP contribution in [0.3, 0.4) is 0 Å². The van der Waals surface area contributed by atoms with Crippen LogP contribution < -0.4 is 5.32 Å². The number of aryl methyl sites for hydroxylation is 3. The molecule has 24 heavy (non-hydrogen) atoms. The number of nitrogens with one attached hydrogen (secondary N) is 1. The van der Waals surface area contributed by atoms with Crippen molar-refractivity contribution in [3.8, 4) is 0 Å². The lowest BCUT2D eigenvalue weighted by Gasteiger charge is -2.28. The Morgan fingerprint density at radius 1 is 1.29 bits per heavy atom.